The van der Waals surface area contributed by atoms with Crippen LogP contribution in [0.4, 0.5) is 5.69 Å². The lowest BCUT2D eigenvalue weighted by Gasteiger charge is -2.07. The Morgan fingerprint density at radius 2 is 2.00 bits per heavy atom. The van der Waals surface area contributed by atoms with Crippen LogP contribution in [-0.2, 0) is 6.54 Å². The lowest BCUT2D eigenvalue weighted by Crippen LogP contribution is -2.02. The molecule has 0 unspecified atom stereocenters. The summed E-state index contributed by atoms with van der Waals surface area (Å²) in [7, 11) is 0. The molecule has 2 aromatic rings. The number of anilines is 1. The molecule has 3 nitrogen and oxygen atoms in total. The minimum absolute atomic E-state index is 0.760. The molecule has 2 rings (SSSR count). The van der Waals surface area contributed by atoms with Crippen molar-refractivity contribution >= 4 is 17.0 Å². The summed E-state index contributed by atoms with van der Waals surface area (Å²) in [6.07, 6.45) is 0. The Bertz CT molecular complexity index is 491. The minimum Gasteiger partial charge on any atom is -0.378 e. The molecule has 2 heterocycles. The van der Waals surface area contributed by atoms with Crippen LogP contribution in [-0.4, -0.2) is 9.97 Å². The van der Waals surface area contributed by atoms with Crippen LogP contribution in [0.25, 0.3) is 0 Å². The van der Waals surface area contributed by atoms with Gasteiger partial charge in [0.05, 0.1) is 28.6 Å². The summed E-state index contributed by atoms with van der Waals surface area (Å²) in [6.45, 7) is 6.80. The molecule has 0 aliphatic rings. The predicted molar refractivity (Wildman–Crippen MR) is 67.9 cm³/mol. The van der Waals surface area contributed by atoms with Gasteiger partial charge in [-0.25, -0.2) is 4.98 Å². The van der Waals surface area contributed by atoms with Crippen LogP contribution < -0.4 is 5.32 Å². The van der Waals surface area contributed by atoms with Gasteiger partial charge in [-0.2, -0.15) is 0 Å². The quantitative estimate of drug-likeness (QED) is 0.885. The summed E-state index contributed by atoms with van der Waals surface area (Å²) in [5.41, 5.74) is 4.25. The molecule has 0 saturated carbocycles. The van der Waals surface area contributed by atoms with Gasteiger partial charge in [-0.05, 0) is 32.9 Å². The molecule has 84 valence electrons. The van der Waals surface area contributed by atoms with E-state index in [4.69, 9.17) is 0 Å². The molecule has 1 N–H and O–H groups in total. The Kier molecular flexibility index (Phi) is 3.19. The van der Waals surface area contributed by atoms with E-state index in [0.717, 1.165) is 34.3 Å². The van der Waals surface area contributed by atoms with Crippen molar-refractivity contribution in [1.29, 1.82) is 0 Å². The number of aromatic nitrogens is 2. The maximum Gasteiger partial charge on any atom is 0.0898 e. The smallest absolute Gasteiger partial charge is 0.0898 e. The van der Waals surface area contributed by atoms with Crippen LogP contribution in [0.5, 0.6) is 0 Å². The predicted octanol–water partition coefficient (Wildman–Crippen LogP) is 3.08. The molecule has 0 radical (unpaired) electrons. The first-order chi connectivity index (χ1) is 7.65. The van der Waals surface area contributed by atoms with E-state index in [-0.39, 0.29) is 0 Å². The van der Waals surface area contributed by atoms with Crippen LogP contribution in [0, 0.1) is 20.8 Å². The van der Waals surface area contributed by atoms with Crippen molar-refractivity contribution in [3.05, 3.63) is 39.6 Å². The van der Waals surface area contributed by atoms with E-state index in [9.17, 15) is 0 Å². The zero-order valence-corrected chi connectivity index (χ0v) is 10.6. The molecule has 0 aromatic carbocycles. The van der Waals surface area contributed by atoms with Gasteiger partial charge in [-0.15, -0.1) is 11.3 Å². The zero-order chi connectivity index (χ0) is 11.5. The van der Waals surface area contributed by atoms with Crippen molar-refractivity contribution in [2.45, 2.75) is 27.3 Å². The van der Waals surface area contributed by atoms with E-state index in [1.54, 1.807) is 11.3 Å². The Morgan fingerprint density at radius 1 is 1.19 bits per heavy atom. The Balaban J connectivity index is 2.04. The van der Waals surface area contributed by atoms with E-state index in [1.807, 2.05) is 26.8 Å². The van der Waals surface area contributed by atoms with E-state index < -0.39 is 0 Å². The van der Waals surface area contributed by atoms with Crippen LogP contribution in [0.3, 0.4) is 0 Å². The molecule has 0 aliphatic heterocycles. The molecule has 0 aliphatic carbocycles. The average Bonchev–Trinajstić information content (AvgIpc) is 2.63. The highest BCUT2D eigenvalue weighted by Crippen LogP contribution is 2.15. The van der Waals surface area contributed by atoms with Crippen molar-refractivity contribution in [3.63, 3.8) is 0 Å². The molecular weight excluding hydrogens is 218 g/mol. The standard InChI is InChI=1S/C12H15N3S/c1-8-4-5-12(9(2)14-8)13-6-11-7-16-10(3)15-11/h4-5,7,13H,6H2,1-3H3. The Hall–Kier alpha value is -1.42. The number of rotatable bonds is 3. The van der Waals surface area contributed by atoms with Gasteiger partial charge in [0.1, 0.15) is 0 Å². The van der Waals surface area contributed by atoms with Crippen molar-refractivity contribution in [2.75, 3.05) is 5.32 Å². The van der Waals surface area contributed by atoms with Gasteiger partial charge in [0.25, 0.3) is 0 Å². The normalized spacial score (nSPS) is 10.4. The SMILES string of the molecule is Cc1ccc(NCc2csc(C)n2)c(C)n1. The summed E-state index contributed by atoms with van der Waals surface area (Å²) in [5.74, 6) is 0. The van der Waals surface area contributed by atoms with Gasteiger partial charge >= 0.3 is 0 Å². The Morgan fingerprint density at radius 3 is 2.62 bits per heavy atom. The van der Waals surface area contributed by atoms with Crippen molar-refractivity contribution < 1.29 is 0 Å². The second-order valence-corrected chi connectivity index (χ2v) is 4.86. The molecule has 0 bridgehead atoms. The van der Waals surface area contributed by atoms with E-state index in [0.29, 0.717) is 0 Å². The highest BCUT2D eigenvalue weighted by atomic mass is 32.1. The summed E-state index contributed by atoms with van der Waals surface area (Å²) >= 11 is 1.68. The lowest BCUT2D eigenvalue weighted by molar-refractivity contribution is 1.03. The third-order valence-corrected chi connectivity index (χ3v) is 3.17. The summed E-state index contributed by atoms with van der Waals surface area (Å²) < 4.78 is 0. The molecule has 4 heteroatoms. The fourth-order valence-corrected chi connectivity index (χ4v) is 2.16. The van der Waals surface area contributed by atoms with Gasteiger partial charge in [0.15, 0.2) is 0 Å². The Labute approximate surface area is 99.6 Å². The maximum atomic E-state index is 4.41. The first-order valence-electron chi connectivity index (χ1n) is 5.24. The molecular formula is C12H15N3S. The summed E-state index contributed by atoms with van der Waals surface area (Å²) in [6, 6.07) is 4.08. The van der Waals surface area contributed by atoms with Gasteiger partial charge in [0.2, 0.25) is 0 Å². The van der Waals surface area contributed by atoms with Crippen LogP contribution in [0.1, 0.15) is 22.1 Å². The van der Waals surface area contributed by atoms with Gasteiger partial charge in [0, 0.05) is 11.1 Å². The number of hydrogen-bond acceptors (Lipinski definition) is 4. The molecule has 0 fully saturated rings. The van der Waals surface area contributed by atoms with Crippen molar-refractivity contribution in [3.8, 4) is 0 Å². The maximum absolute atomic E-state index is 4.41. The number of hydrogen-bond donors (Lipinski definition) is 1. The third-order valence-electron chi connectivity index (χ3n) is 2.35. The second kappa shape index (κ2) is 4.61. The summed E-state index contributed by atoms with van der Waals surface area (Å²) in [4.78, 5) is 8.82. The monoisotopic (exact) mass is 233 g/mol. The van der Waals surface area contributed by atoms with Crippen LogP contribution in [0.2, 0.25) is 0 Å². The average molecular weight is 233 g/mol. The van der Waals surface area contributed by atoms with Crippen LogP contribution in [0.15, 0.2) is 17.5 Å². The summed E-state index contributed by atoms with van der Waals surface area (Å²) in [5, 5.41) is 6.54. The van der Waals surface area contributed by atoms with Gasteiger partial charge < -0.3 is 5.32 Å². The molecule has 2 aromatic heterocycles. The second-order valence-electron chi connectivity index (χ2n) is 3.80. The number of thiazole rings is 1. The van der Waals surface area contributed by atoms with E-state index in [2.05, 4.69) is 26.7 Å². The first-order valence-corrected chi connectivity index (χ1v) is 6.12. The fourth-order valence-electron chi connectivity index (χ4n) is 1.55. The molecule has 0 spiro atoms. The van der Waals surface area contributed by atoms with Crippen molar-refractivity contribution in [1.82, 2.24) is 9.97 Å². The highest BCUT2D eigenvalue weighted by Gasteiger charge is 2.01. The topological polar surface area (TPSA) is 37.8 Å². The number of nitrogens with zero attached hydrogens (tertiary/aromatic N) is 2. The highest BCUT2D eigenvalue weighted by molar-refractivity contribution is 7.09. The minimum atomic E-state index is 0.760. The largest absolute Gasteiger partial charge is 0.378 e. The number of nitrogens with one attached hydrogen (secondary N) is 1. The zero-order valence-electron chi connectivity index (χ0n) is 9.74. The first kappa shape index (κ1) is 11.1. The van der Waals surface area contributed by atoms with E-state index >= 15 is 0 Å². The van der Waals surface area contributed by atoms with Gasteiger partial charge in [-0.3, -0.25) is 4.98 Å². The molecule has 0 atom stereocenters. The van der Waals surface area contributed by atoms with E-state index in [1.165, 1.54) is 0 Å². The number of aryl methyl sites for hydroxylation is 3. The molecule has 16 heavy (non-hydrogen) atoms. The molecule has 0 saturated heterocycles. The third kappa shape index (κ3) is 2.58. The number of pyridine rings is 1. The fraction of sp³-hybridized carbons (Fsp3) is 0.333. The lowest BCUT2D eigenvalue weighted by atomic mass is 10.2. The van der Waals surface area contributed by atoms with Crippen molar-refractivity contribution in [2.24, 2.45) is 0 Å². The van der Waals surface area contributed by atoms with Gasteiger partial charge in [-0.1, -0.05) is 0 Å². The molecule has 0 amide bonds. The van der Waals surface area contributed by atoms with Crippen LogP contribution >= 0.6 is 11.3 Å².